The fourth-order valence-electron chi connectivity index (χ4n) is 3.86. The number of pyridine rings is 1. The number of fused-ring (bicyclic) bond motifs is 1. The van der Waals surface area contributed by atoms with Crippen molar-refractivity contribution < 1.29 is 9.47 Å². The summed E-state index contributed by atoms with van der Waals surface area (Å²) in [7, 11) is 1.68. The Morgan fingerprint density at radius 2 is 1.82 bits per heavy atom. The van der Waals surface area contributed by atoms with E-state index in [1.165, 1.54) is 16.5 Å². The summed E-state index contributed by atoms with van der Waals surface area (Å²) in [5.41, 5.74) is 6.45. The summed E-state index contributed by atoms with van der Waals surface area (Å²) in [6.45, 7) is 1.11. The molecule has 5 nitrogen and oxygen atoms in total. The number of nitrogens with one attached hydrogen (secondary N) is 1. The van der Waals surface area contributed by atoms with E-state index in [2.05, 4.69) is 57.5 Å². The van der Waals surface area contributed by atoms with Crippen LogP contribution in [0.1, 0.15) is 16.7 Å². The number of rotatable bonds is 8. The number of aliphatic imine (C=N–C) groups is 1. The zero-order valence-electron chi connectivity index (χ0n) is 18.9. The van der Waals surface area contributed by atoms with Crippen LogP contribution in [0.15, 0.2) is 102 Å². The molecule has 168 valence electrons. The molecule has 0 spiro atoms. The smallest absolute Gasteiger partial charge is 0.213 e. The SMILES string of the molecule is COc1ccc(COc2ccccn2)cc1/C=C/C1=NCC(/C=C/c2c[nH]c3ccccc23)=C1. The molecule has 3 heterocycles. The third-order valence-electron chi connectivity index (χ3n) is 5.63. The van der Waals surface area contributed by atoms with Gasteiger partial charge < -0.3 is 14.5 Å². The molecular weight excluding hydrogens is 422 g/mol. The van der Waals surface area contributed by atoms with Crippen molar-refractivity contribution in [2.24, 2.45) is 4.99 Å². The van der Waals surface area contributed by atoms with Gasteiger partial charge in [-0.3, -0.25) is 4.99 Å². The third kappa shape index (κ3) is 4.99. The lowest BCUT2D eigenvalue weighted by Gasteiger charge is -2.09. The molecule has 0 atom stereocenters. The molecule has 34 heavy (non-hydrogen) atoms. The summed E-state index contributed by atoms with van der Waals surface area (Å²) in [4.78, 5) is 12.2. The summed E-state index contributed by atoms with van der Waals surface area (Å²) in [5, 5.41) is 1.22. The lowest BCUT2D eigenvalue weighted by atomic mass is 10.1. The van der Waals surface area contributed by atoms with E-state index < -0.39 is 0 Å². The molecule has 2 aromatic heterocycles. The first kappa shape index (κ1) is 21.5. The molecule has 5 rings (SSSR count). The van der Waals surface area contributed by atoms with E-state index in [-0.39, 0.29) is 0 Å². The van der Waals surface area contributed by atoms with Crippen LogP contribution >= 0.6 is 0 Å². The molecule has 0 saturated carbocycles. The Bertz CT molecular complexity index is 1410. The van der Waals surface area contributed by atoms with Crippen LogP contribution < -0.4 is 9.47 Å². The fraction of sp³-hybridized carbons (Fsp3) is 0.103. The maximum atomic E-state index is 5.78. The summed E-state index contributed by atoms with van der Waals surface area (Å²) in [6, 6.07) is 20.0. The average molecular weight is 448 g/mol. The number of methoxy groups -OCH3 is 1. The van der Waals surface area contributed by atoms with Gasteiger partial charge in [-0.25, -0.2) is 4.98 Å². The molecule has 2 aromatic carbocycles. The first-order valence-corrected chi connectivity index (χ1v) is 11.2. The van der Waals surface area contributed by atoms with E-state index in [0.717, 1.165) is 28.1 Å². The molecule has 0 bridgehead atoms. The zero-order chi connectivity index (χ0) is 23.2. The van der Waals surface area contributed by atoms with E-state index in [9.17, 15) is 0 Å². The molecule has 1 N–H and O–H groups in total. The quantitative estimate of drug-likeness (QED) is 0.347. The highest BCUT2D eigenvalue weighted by Gasteiger charge is 2.07. The average Bonchev–Trinajstić information content (AvgIpc) is 3.52. The minimum atomic E-state index is 0.436. The van der Waals surface area contributed by atoms with Crippen molar-refractivity contribution in [3.8, 4) is 11.6 Å². The molecule has 0 aliphatic carbocycles. The van der Waals surface area contributed by atoms with Gasteiger partial charge in [0.25, 0.3) is 0 Å². The molecule has 5 heteroatoms. The molecule has 0 amide bonds. The van der Waals surface area contributed by atoms with Gasteiger partial charge in [0.1, 0.15) is 12.4 Å². The highest BCUT2D eigenvalue weighted by molar-refractivity contribution is 6.08. The number of para-hydroxylation sites is 1. The monoisotopic (exact) mass is 447 g/mol. The van der Waals surface area contributed by atoms with Gasteiger partial charge in [0.2, 0.25) is 5.88 Å². The zero-order valence-corrected chi connectivity index (χ0v) is 18.9. The number of allylic oxidation sites excluding steroid dienone is 2. The van der Waals surface area contributed by atoms with Crippen LogP contribution in [0.2, 0.25) is 0 Å². The molecule has 1 aliphatic heterocycles. The summed E-state index contributed by atoms with van der Waals surface area (Å²) in [6.07, 6.45) is 14.2. The van der Waals surface area contributed by atoms with Crippen LogP contribution in [0.4, 0.5) is 0 Å². The largest absolute Gasteiger partial charge is 0.496 e. The molecule has 0 saturated heterocycles. The van der Waals surface area contributed by atoms with Crippen molar-refractivity contribution >= 4 is 28.8 Å². The first-order valence-electron chi connectivity index (χ1n) is 11.2. The summed E-state index contributed by atoms with van der Waals surface area (Å²) in [5.74, 6) is 1.41. The minimum Gasteiger partial charge on any atom is -0.496 e. The Morgan fingerprint density at radius 3 is 2.71 bits per heavy atom. The van der Waals surface area contributed by atoms with E-state index in [1.54, 1.807) is 13.3 Å². The van der Waals surface area contributed by atoms with Crippen molar-refractivity contribution in [3.05, 3.63) is 114 Å². The van der Waals surface area contributed by atoms with Gasteiger partial charge in [0, 0.05) is 34.9 Å². The fourth-order valence-corrected chi connectivity index (χ4v) is 3.86. The maximum Gasteiger partial charge on any atom is 0.213 e. The van der Waals surface area contributed by atoms with Crippen molar-refractivity contribution in [3.63, 3.8) is 0 Å². The highest BCUT2D eigenvalue weighted by Crippen LogP contribution is 2.23. The van der Waals surface area contributed by atoms with E-state index in [1.807, 2.05) is 54.7 Å². The molecule has 4 aromatic rings. The second-order valence-corrected chi connectivity index (χ2v) is 7.95. The van der Waals surface area contributed by atoms with Gasteiger partial charge in [0.05, 0.1) is 19.4 Å². The molecule has 0 unspecified atom stereocenters. The van der Waals surface area contributed by atoms with Crippen LogP contribution in [0, 0.1) is 0 Å². The van der Waals surface area contributed by atoms with Gasteiger partial charge in [-0.15, -0.1) is 0 Å². The van der Waals surface area contributed by atoms with E-state index >= 15 is 0 Å². The van der Waals surface area contributed by atoms with Crippen molar-refractivity contribution in [2.75, 3.05) is 13.7 Å². The molecular formula is C29H25N3O2. The standard InChI is InChI=1S/C29H25N3O2/c1-33-28-14-10-22(20-34-29-8-4-5-15-30-29)16-23(28)12-13-25-17-21(18-31-25)9-11-24-19-32-27-7-3-2-6-26(24)27/h2-17,19,32H,18,20H2,1H3/b11-9+,13-12+. The van der Waals surface area contributed by atoms with E-state index in [4.69, 9.17) is 9.47 Å². The Labute approximate surface area is 198 Å². The molecule has 1 aliphatic rings. The summed E-state index contributed by atoms with van der Waals surface area (Å²) < 4.78 is 11.3. The Hall–Kier alpha value is -4.38. The number of ether oxygens (including phenoxy) is 2. The lowest BCUT2D eigenvalue weighted by molar-refractivity contribution is 0.293. The first-order chi connectivity index (χ1) is 16.8. The van der Waals surface area contributed by atoms with Crippen LogP contribution in [0.5, 0.6) is 11.6 Å². The van der Waals surface area contributed by atoms with Crippen LogP contribution in [-0.4, -0.2) is 29.3 Å². The van der Waals surface area contributed by atoms with Gasteiger partial charge in [-0.1, -0.05) is 42.5 Å². The number of hydrogen-bond donors (Lipinski definition) is 1. The van der Waals surface area contributed by atoms with Crippen LogP contribution in [-0.2, 0) is 6.61 Å². The van der Waals surface area contributed by atoms with E-state index in [0.29, 0.717) is 19.0 Å². The second-order valence-electron chi connectivity index (χ2n) is 7.95. The second kappa shape index (κ2) is 10.0. The predicted octanol–water partition coefficient (Wildman–Crippen LogP) is 6.26. The lowest BCUT2D eigenvalue weighted by Crippen LogP contribution is -1.98. The number of nitrogens with zero attached hydrogens (tertiary/aromatic N) is 2. The van der Waals surface area contributed by atoms with Gasteiger partial charge in [-0.05, 0) is 59.2 Å². The van der Waals surface area contributed by atoms with Crippen LogP contribution in [0.25, 0.3) is 23.1 Å². The van der Waals surface area contributed by atoms with Gasteiger partial charge in [-0.2, -0.15) is 0 Å². The Kier molecular flexibility index (Phi) is 6.34. The normalized spacial score (nSPS) is 13.6. The van der Waals surface area contributed by atoms with Crippen molar-refractivity contribution in [2.45, 2.75) is 6.61 Å². The van der Waals surface area contributed by atoms with Crippen molar-refractivity contribution in [1.82, 2.24) is 9.97 Å². The number of aromatic amines is 1. The summed E-state index contributed by atoms with van der Waals surface area (Å²) >= 11 is 0. The Morgan fingerprint density at radius 1 is 0.941 bits per heavy atom. The number of benzene rings is 2. The maximum absolute atomic E-state index is 5.78. The van der Waals surface area contributed by atoms with Gasteiger partial charge >= 0.3 is 0 Å². The number of H-pyrrole nitrogens is 1. The minimum absolute atomic E-state index is 0.436. The van der Waals surface area contributed by atoms with Gasteiger partial charge in [0.15, 0.2) is 0 Å². The predicted molar refractivity (Wildman–Crippen MR) is 138 cm³/mol. The number of aromatic nitrogens is 2. The number of hydrogen-bond acceptors (Lipinski definition) is 4. The van der Waals surface area contributed by atoms with Crippen LogP contribution in [0.3, 0.4) is 0 Å². The third-order valence-corrected chi connectivity index (χ3v) is 5.63. The molecule has 0 fully saturated rings. The highest BCUT2D eigenvalue weighted by atomic mass is 16.5. The Balaban J connectivity index is 1.27. The topological polar surface area (TPSA) is 59.5 Å². The van der Waals surface area contributed by atoms with Crippen molar-refractivity contribution in [1.29, 1.82) is 0 Å². The molecule has 0 radical (unpaired) electrons.